The quantitative estimate of drug-likeness (QED) is 0.782. The van der Waals surface area contributed by atoms with Gasteiger partial charge in [-0.1, -0.05) is 5.92 Å². The first-order valence-corrected chi connectivity index (χ1v) is 6.83. The van der Waals surface area contributed by atoms with Crippen LogP contribution in [-0.2, 0) is 0 Å². The number of piperidine rings is 1. The number of fused-ring (bicyclic) bond motifs is 1. The molecule has 0 bridgehead atoms. The first-order valence-electron chi connectivity index (χ1n) is 6.83. The molecule has 0 radical (unpaired) electrons. The zero-order chi connectivity index (χ0) is 15.0. The van der Waals surface area contributed by atoms with Gasteiger partial charge in [-0.2, -0.15) is 5.10 Å². The van der Waals surface area contributed by atoms with Crippen LogP contribution in [0.1, 0.15) is 35.8 Å². The lowest BCUT2D eigenvalue weighted by molar-refractivity contribution is -0.00220. The summed E-state index contributed by atoms with van der Waals surface area (Å²) in [4.78, 5) is 18.5. The second-order valence-corrected chi connectivity index (χ2v) is 5.54. The summed E-state index contributed by atoms with van der Waals surface area (Å²) in [6.07, 6.45) is 9.94. The highest BCUT2D eigenvalue weighted by Crippen LogP contribution is 2.23. The molecule has 3 rings (SSSR count). The normalized spacial score (nSPS) is 17.7. The maximum absolute atomic E-state index is 12.6. The van der Waals surface area contributed by atoms with Crippen LogP contribution in [0.4, 0.5) is 0 Å². The maximum atomic E-state index is 12.6. The average Bonchev–Trinajstić information content (AvgIpc) is 2.85. The van der Waals surface area contributed by atoms with Crippen molar-refractivity contribution in [3.05, 3.63) is 29.7 Å². The molecule has 108 valence electrons. The number of carbonyl (C=O) groups excluding carboxylic acids is 1. The van der Waals surface area contributed by atoms with E-state index in [4.69, 9.17) is 6.42 Å². The molecule has 1 N–H and O–H groups in total. The van der Waals surface area contributed by atoms with Gasteiger partial charge < -0.3 is 10.0 Å². The Morgan fingerprint density at radius 3 is 2.86 bits per heavy atom. The van der Waals surface area contributed by atoms with Gasteiger partial charge in [0.1, 0.15) is 5.56 Å². The van der Waals surface area contributed by atoms with Gasteiger partial charge in [0.25, 0.3) is 5.91 Å². The molecule has 6 nitrogen and oxygen atoms in total. The predicted octanol–water partition coefficient (Wildman–Crippen LogP) is 0.698. The summed E-state index contributed by atoms with van der Waals surface area (Å²) in [6.45, 7) is 2.78. The fourth-order valence-electron chi connectivity index (χ4n) is 2.51. The standard InChI is InChI=1S/C15H16N4O2/c1-3-11-12(17-19-8-4-7-16-13(11)19)14(20)18-9-5-15(2,21)6-10-18/h1,4,7-8,21H,5-6,9-10H2,2H3. The minimum absolute atomic E-state index is 0.205. The molecule has 3 heterocycles. The number of likely N-dealkylation sites (tertiary alicyclic amines) is 1. The predicted molar refractivity (Wildman–Crippen MR) is 76.7 cm³/mol. The highest BCUT2D eigenvalue weighted by atomic mass is 16.3. The summed E-state index contributed by atoms with van der Waals surface area (Å²) in [5.41, 5.74) is 0.467. The van der Waals surface area contributed by atoms with Crippen molar-refractivity contribution in [1.82, 2.24) is 19.5 Å². The van der Waals surface area contributed by atoms with E-state index < -0.39 is 5.60 Å². The molecule has 0 atom stereocenters. The summed E-state index contributed by atoms with van der Waals surface area (Å²) in [7, 11) is 0. The minimum atomic E-state index is -0.702. The van der Waals surface area contributed by atoms with Crippen molar-refractivity contribution in [2.75, 3.05) is 13.1 Å². The number of amides is 1. The van der Waals surface area contributed by atoms with E-state index in [0.29, 0.717) is 37.1 Å². The van der Waals surface area contributed by atoms with Crippen LogP contribution < -0.4 is 0 Å². The van der Waals surface area contributed by atoms with E-state index in [2.05, 4.69) is 16.0 Å². The lowest BCUT2D eigenvalue weighted by Crippen LogP contribution is -2.45. The van der Waals surface area contributed by atoms with Crippen LogP contribution in [0.2, 0.25) is 0 Å². The van der Waals surface area contributed by atoms with Crippen molar-refractivity contribution in [2.45, 2.75) is 25.4 Å². The largest absolute Gasteiger partial charge is 0.390 e. The number of aliphatic hydroxyl groups is 1. The average molecular weight is 284 g/mol. The van der Waals surface area contributed by atoms with Gasteiger partial charge >= 0.3 is 0 Å². The lowest BCUT2D eigenvalue weighted by atomic mass is 9.93. The fourth-order valence-corrected chi connectivity index (χ4v) is 2.51. The highest BCUT2D eigenvalue weighted by molar-refractivity contribution is 5.96. The van der Waals surface area contributed by atoms with Gasteiger partial charge in [0.2, 0.25) is 0 Å². The van der Waals surface area contributed by atoms with Crippen LogP contribution >= 0.6 is 0 Å². The van der Waals surface area contributed by atoms with Crippen molar-refractivity contribution in [2.24, 2.45) is 0 Å². The monoisotopic (exact) mass is 284 g/mol. The number of carbonyl (C=O) groups is 1. The number of terminal acetylenes is 1. The summed E-state index contributed by atoms with van der Waals surface area (Å²) in [5, 5.41) is 14.2. The Hall–Kier alpha value is -2.39. The van der Waals surface area contributed by atoms with Crippen LogP contribution in [0.15, 0.2) is 18.5 Å². The van der Waals surface area contributed by atoms with Crippen molar-refractivity contribution in [3.8, 4) is 12.3 Å². The molecule has 2 aromatic heterocycles. The van der Waals surface area contributed by atoms with Crippen LogP contribution in [0.5, 0.6) is 0 Å². The Balaban J connectivity index is 1.94. The summed E-state index contributed by atoms with van der Waals surface area (Å²) < 4.78 is 1.52. The van der Waals surface area contributed by atoms with Gasteiger partial charge in [-0.15, -0.1) is 6.42 Å². The number of aromatic nitrogens is 3. The number of hydrogen-bond acceptors (Lipinski definition) is 4. The summed E-state index contributed by atoms with van der Waals surface area (Å²) in [6, 6.07) is 1.73. The van der Waals surface area contributed by atoms with Gasteiger partial charge in [-0.3, -0.25) is 4.79 Å². The molecule has 1 fully saturated rings. The second kappa shape index (κ2) is 4.86. The van der Waals surface area contributed by atoms with E-state index in [-0.39, 0.29) is 11.6 Å². The molecule has 0 spiro atoms. The van der Waals surface area contributed by atoms with E-state index in [0.717, 1.165) is 0 Å². The number of rotatable bonds is 1. The van der Waals surface area contributed by atoms with E-state index in [1.165, 1.54) is 4.52 Å². The van der Waals surface area contributed by atoms with Gasteiger partial charge in [0.15, 0.2) is 11.3 Å². The third kappa shape index (κ3) is 2.36. The zero-order valence-corrected chi connectivity index (χ0v) is 11.8. The van der Waals surface area contributed by atoms with Crippen LogP contribution in [-0.4, -0.2) is 49.2 Å². The van der Waals surface area contributed by atoms with E-state index in [1.54, 1.807) is 30.3 Å². The minimum Gasteiger partial charge on any atom is -0.390 e. The Bertz CT molecular complexity index is 732. The van der Waals surface area contributed by atoms with Crippen LogP contribution in [0.3, 0.4) is 0 Å². The molecule has 0 unspecified atom stereocenters. The SMILES string of the molecule is C#Cc1c(C(=O)N2CCC(C)(O)CC2)nn2cccnc12. The number of nitrogens with zero attached hydrogens (tertiary/aromatic N) is 4. The Labute approximate surface area is 122 Å². The van der Waals surface area contributed by atoms with Gasteiger partial charge in [0.05, 0.1) is 5.60 Å². The van der Waals surface area contributed by atoms with Crippen LogP contribution in [0.25, 0.3) is 5.65 Å². The van der Waals surface area contributed by atoms with Crippen molar-refractivity contribution in [3.63, 3.8) is 0 Å². The van der Waals surface area contributed by atoms with Gasteiger partial charge in [-0.25, -0.2) is 9.50 Å². The molecule has 1 saturated heterocycles. The first kappa shape index (κ1) is 13.6. The van der Waals surface area contributed by atoms with Gasteiger partial charge in [-0.05, 0) is 25.8 Å². The second-order valence-electron chi connectivity index (χ2n) is 5.54. The lowest BCUT2D eigenvalue weighted by Gasteiger charge is -2.35. The van der Waals surface area contributed by atoms with Gasteiger partial charge in [0, 0.05) is 25.5 Å². The molecule has 1 aliphatic rings. The highest BCUT2D eigenvalue weighted by Gasteiger charge is 2.32. The molecular formula is C15H16N4O2. The maximum Gasteiger partial charge on any atom is 0.275 e. The molecule has 6 heteroatoms. The Morgan fingerprint density at radius 1 is 1.48 bits per heavy atom. The Morgan fingerprint density at radius 2 is 2.19 bits per heavy atom. The van der Waals surface area contributed by atoms with E-state index in [1.807, 2.05) is 0 Å². The molecule has 0 saturated carbocycles. The molecule has 1 aliphatic heterocycles. The smallest absolute Gasteiger partial charge is 0.275 e. The molecule has 1 amide bonds. The number of hydrogen-bond donors (Lipinski definition) is 1. The van der Waals surface area contributed by atoms with E-state index >= 15 is 0 Å². The van der Waals surface area contributed by atoms with Crippen molar-refractivity contribution < 1.29 is 9.90 Å². The van der Waals surface area contributed by atoms with Crippen molar-refractivity contribution in [1.29, 1.82) is 0 Å². The molecule has 2 aromatic rings. The summed E-state index contributed by atoms with van der Waals surface area (Å²) in [5.74, 6) is 2.31. The molecule has 0 aliphatic carbocycles. The topological polar surface area (TPSA) is 70.7 Å². The third-order valence-corrected chi connectivity index (χ3v) is 3.87. The third-order valence-electron chi connectivity index (χ3n) is 3.87. The van der Waals surface area contributed by atoms with E-state index in [9.17, 15) is 9.90 Å². The first-order chi connectivity index (χ1) is 10.0. The fraction of sp³-hybridized carbons (Fsp3) is 0.400. The summed E-state index contributed by atoms with van der Waals surface area (Å²) >= 11 is 0. The molecular weight excluding hydrogens is 268 g/mol. The molecule has 0 aromatic carbocycles. The zero-order valence-electron chi connectivity index (χ0n) is 11.8. The van der Waals surface area contributed by atoms with Crippen molar-refractivity contribution >= 4 is 11.6 Å². The molecule has 21 heavy (non-hydrogen) atoms. The Kier molecular flexibility index (Phi) is 3.15. The van der Waals surface area contributed by atoms with Crippen LogP contribution in [0, 0.1) is 12.3 Å².